The molecule has 128 valence electrons. The molecule has 0 aliphatic carbocycles. The van der Waals surface area contributed by atoms with Crippen LogP contribution in [0.15, 0.2) is 36.4 Å². The molecule has 7 heteroatoms. The number of halogens is 2. The summed E-state index contributed by atoms with van der Waals surface area (Å²) in [5.41, 5.74) is 1.94. The number of nitrogens with zero attached hydrogens (tertiary/aromatic N) is 1. The predicted octanol–water partition coefficient (Wildman–Crippen LogP) is 4.48. The van der Waals surface area contributed by atoms with E-state index in [9.17, 15) is 10.1 Å². The first-order chi connectivity index (χ1) is 11.9. The van der Waals surface area contributed by atoms with Gasteiger partial charge < -0.3 is 14.6 Å². The summed E-state index contributed by atoms with van der Waals surface area (Å²) in [6.07, 6.45) is 1.72. The number of allylic oxidation sites excluding steroid dienone is 1. The van der Waals surface area contributed by atoms with Gasteiger partial charge in [0.05, 0.1) is 22.3 Å². The lowest BCUT2D eigenvalue weighted by Gasteiger charge is -2.12. The van der Waals surface area contributed by atoms with E-state index in [-0.39, 0.29) is 0 Å². The fourth-order valence-corrected chi connectivity index (χ4v) is 2.98. The number of rotatable bonds is 6. The third-order valence-electron chi connectivity index (χ3n) is 3.18. The number of hydrogen-bond donors (Lipinski definition) is 1. The van der Waals surface area contributed by atoms with E-state index >= 15 is 0 Å². The smallest absolute Gasteiger partial charge is 0.341 e. The van der Waals surface area contributed by atoms with E-state index in [1.54, 1.807) is 42.5 Å². The Morgan fingerprint density at radius 3 is 2.60 bits per heavy atom. The van der Waals surface area contributed by atoms with Gasteiger partial charge in [0, 0.05) is 5.02 Å². The topological polar surface area (TPSA) is 79.5 Å². The quantitative estimate of drug-likeness (QED) is 0.383. The summed E-state index contributed by atoms with van der Waals surface area (Å²) in [4.78, 5) is 10.7. The van der Waals surface area contributed by atoms with Crippen LogP contribution < -0.4 is 9.47 Å². The maximum Gasteiger partial charge on any atom is 0.341 e. The van der Waals surface area contributed by atoms with Gasteiger partial charge in [0.2, 0.25) is 0 Å². The van der Waals surface area contributed by atoms with Crippen molar-refractivity contribution in [2.75, 3.05) is 13.7 Å². The van der Waals surface area contributed by atoms with E-state index < -0.39 is 12.6 Å². The molecule has 1 N–H and O–H groups in total. The largest absolute Gasteiger partial charge is 0.493 e. The van der Waals surface area contributed by atoms with Gasteiger partial charge in [0.1, 0.15) is 0 Å². The van der Waals surface area contributed by atoms with Gasteiger partial charge in [-0.3, -0.25) is 0 Å². The van der Waals surface area contributed by atoms with Gasteiger partial charge in [-0.1, -0.05) is 23.7 Å². The van der Waals surface area contributed by atoms with Crippen LogP contribution in [-0.4, -0.2) is 24.8 Å². The summed E-state index contributed by atoms with van der Waals surface area (Å²) < 4.78 is 11.2. The maximum absolute atomic E-state index is 10.7. The van der Waals surface area contributed by atoms with E-state index in [4.69, 9.17) is 26.2 Å². The van der Waals surface area contributed by atoms with Crippen molar-refractivity contribution in [2.45, 2.75) is 0 Å². The van der Waals surface area contributed by atoms with Gasteiger partial charge in [0.15, 0.2) is 18.1 Å². The van der Waals surface area contributed by atoms with Crippen molar-refractivity contribution in [2.24, 2.45) is 0 Å². The summed E-state index contributed by atoms with van der Waals surface area (Å²) in [5.74, 6) is -0.322. The minimum Gasteiger partial charge on any atom is -0.493 e. The van der Waals surface area contributed by atoms with Crippen molar-refractivity contribution < 1.29 is 19.4 Å². The monoisotopic (exact) mass is 469 g/mol. The maximum atomic E-state index is 10.7. The van der Waals surface area contributed by atoms with Gasteiger partial charge in [-0.15, -0.1) is 0 Å². The Hall–Kier alpha value is -2.24. The van der Waals surface area contributed by atoms with E-state index in [0.29, 0.717) is 25.7 Å². The van der Waals surface area contributed by atoms with Crippen molar-refractivity contribution in [3.63, 3.8) is 0 Å². The number of nitriles is 1. The second kappa shape index (κ2) is 8.74. The molecule has 0 radical (unpaired) electrons. The highest BCUT2D eigenvalue weighted by Gasteiger charge is 2.13. The van der Waals surface area contributed by atoms with Crippen molar-refractivity contribution in [1.29, 1.82) is 5.26 Å². The zero-order valence-electron chi connectivity index (χ0n) is 13.1. The minimum absolute atomic E-state index is 0.354. The number of benzene rings is 2. The van der Waals surface area contributed by atoms with Gasteiger partial charge in [-0.05, 0) is 64.1 Å². The number of carboxylic acids is 1. The number of ether oxygens (including phenoxy) is 2. The van der Waals surface area contributed by atoms with E-state index in [2.05, 4.69) is 6.07 Å². The molecule has 0 unspecified atom stereocenters. The van der Waals surface area contributed by atoms with Crippen molar-refractivity contribution in [3.05, 3.63) is 56.1 Å². The minimum atomic E-state index is -1.07. The molecular formula is C18H13ClINO4. The first kappa shape index (κ1) is 19.1. The molecule has 0 aromatic heterocycles. The van der Waals surface area contributed by atoms with E-state index in [1.165, 1.54) is 7.11 Å². The molecule has 0 saturated carbocycles. The Kier molecular flexibility index (Phi) is 6.67. The highest BCUT2D eigenvalue weighted by Crippen LogP contribution is 2.35. The molecule has 0 atom stereocenters. The Bertz CT molecular complexity index is 857. The van der Waals surface area contributed by atoms with Gasteiger partial charge >= 0.3 is 5.97 Å². The number of hydrogen-bond acceptors (Lipinski definition) is 4. The molecule has 2 rings (SSSR count). The molecule has 0 saturated heterocycles. The molecular weight excluding hydrogens is 457 g/mol. The van der Waals surface area contributed by atoms with Gasteiger partial charge in [-0.2, -0.15) is 5.26 Å². The first-order valence-corrected chi connectivity index (χ1v) is 8.50. The summed E-state index contributed by atoms with van der Waals surface area (Å²) in [7, 11) is 1.47. The number of carbonyl (C=O) groups is 1. The molecule has 25 heavy (non-hydrogen) atoms. The third kappa shape index (κ3) is 5.11. The van der Waals surface area contributed by atoms with Crippen molar-refractivity contribution in [3.8, 4) is 17.6 Å². The average Bonchev–Trinajstić information content (AvgIpc) is 2.59. The number of methoxy groups -OCH3 is 1. The summed E-state index contributed by atoms with van der Waals surface area (Å²) in [6.45, 7) is -0.463. The van der Waals surface area contributed by atoms with Crippen LogP contribution in [0.4, 0.5) is 0 Å². The fraction of sp³-hybridized carbons (Fsp3) is 0.111. The fourth-order valence-electron chi connectivity index (χ4n) is 2.07. The van der Waals surface area contributed by atoms with Crippen LogP contribution in [0.3, 0.4) is 0 Å². The van der Waals surface area contributed by atoms with Crippen LogP contribution in [0.1, 0.15) is 11.1 Å². The lowest BCUT2D eigenvalue weighted by molar-refractivity contribution is -0.139. The Morgan fingerprint density at radius 2 is 2.04 bits per heavy atom. The lowest BCUT2D eigenvalue weighted by atomic mass is 10.0. The lowest BCUT2D eigenvalue weighted by Crippen LogP contribution is -2.11. The molecule has 2 aromatic rings. The normalized spacial score (nSPS) is 10.9. The van der Waals surface area contributed by atoms with Crippen LogP contribution in [0.5, 0.6) is 11.5 Å². The van der Waals surface area contributed by atoms with E-state index in [1.807, 2.05) is 22.6 Å². The molecule has 0 aliphatic heterocycles. The zero-order chi connectivity index (χ0) is 18.4. The highest BCUT2D eigenvalue weighted by molar-refractivity contribution is 14.1. The number of aliphatic carboxylic acids is 1. The number of carboxylic acid groups (broad SMARTS) is 1. The third-order valence-corrected chi connectivity index (χ3v) is 4.23. The van der Waals surface area contributed by atoms with Crippen LogP contribution in [0.2, 0.25) is 5.02 Å². The van der Waals surface area contributed by atoms with E-state index in [0.717, 1.165) is 11.1 Å². The SMILES string of the molecule is COc1cc(/C=C(\C#N)c2ccc(Cl)cc2)cc(I)c1OCC(=O)O. The first-order valence-electron chi connectivity index (χ1n) is 7.04. The van der Waals surface area contributed by atoms with Gasteiger partial charge in [-0.25, -0.2) is 4.79 Å². The zero-order valence-corrected chi connectivity index (χ0v) is 16.0. The van der Waals surface area contributed by atoms with Crippen molar-refractivity contribution >= 4 is 51.8 Å². The van der Waals surface area contributed by atoms with Crippen LogP contribution in [-0.2, 0) is 4.79 Å². The molecule has 0 aliphatic rings. The van der Waals surface area contributed by atoms with Crippen LogP contribution in [0.25, 0.3) is 11.6 Å². The molecule has 2 aromatic carbocycles. The molecule has 0 spiro atoms. The molecule has 5 nitrogen and oxygen atoms in total. The molecule has 0 heterocycles. The van der Waals surface area contributed by atoms with Crippen LogP contribution >= 0.6 is 34.2 Å². The summed E-state index contributed by atoms with van der Waals surface area (Å²) in [6, 6.07) is 12.6. The summed E-state index contributed by atoms with van der Waals surface area (Å²) in [5, 5.41) is 18.8. The Labute approximate surface area is 163 Å². The van der Waals surface area contributed by atoms with Gasteiger partial charge in [0.25, 0.3) is 0 Å². The molecule has 0 fully saturated rings. The second-order valence-corrected chi connectivity index (χ2v) is 6.49. The average molecular weight is 470 g/mol. The Morgan fingerprint density at radius 1 is 1.36 bits per heavy atom. The standard InChI is InChI=1S/C18H13ClINO4/c1-24-16-8-11(7-15(20)18(16)25-10-17(22)23)6-13(9-21)12-2-4-14(19)5-3-12/h2-8H,10H2,1H3,(H,22,23)/b13-6+. The van der Waals surface area contributed by atoms with Crippen LogP contribution in [0, 0.1) is 14.9 Å². The molecule has 0 bridgehead atoms. The van der Waals surface area contributed by atoms with Crippen molar-refractivity contribution in [1.82, 2.24) is 0 Å². The second-order valence-electron chi connectivity index (χ2n) is 4.89. The Balaban J connectivity index is 2.41. The summed E-state index contributed by atoms with van der Waals surface area (Å²) >= 11 is 7.91. The predicted molar refractivity (Wildman–Crippen MR) is 104 cm³/mol. The highest BCUT2D eigenvalue weighted by atomic mass is 127. The molecule has 0 amide bonds.